The minimum atomic E-state index is -0.342. The van der Waals surface area contributed by atoms with Crippen molar-refractivity contribution in [3.63, 3.8) is 0 Å². The predicted octanol–water partition coefficient (Wildman–Crippen LogP) is 1.04. The van der Waals surface area contributed by atoms with Crippen LogP contribution in [0.2, 0.25) is 0 Å². The van der Waals surface area contributed by atoms with Crippen LogP contribution in [-0.2, 0) is 16.0 Å². The molecule has 0 bridgehead atoms. The molecule has 0 saturated carbocycles. The summed E-state index contributed by atoms with van der Waals surface area (Å²) in [6.07, 6.45) is 1.01. The highest BCUT2D eigenvalue weighted by Gasteiger charge is 2.41. The number of H-pyrrole nitrogens is 1. The summed E-state index contributed by atoms with van der Waals surface area (Å²) in [5.74, 6) is 1.46. The molecule has 1 aromatic carbocycles. The van der Waals surface area contributed by atoms with Crippen LogP contribution in [0.5, 0.6) is 5.75 Å². The van der Waals surface area contributed by atoms with Crippen LogP contribution in [0.4, 0.5) is 0 Å². The Labute approximate surface area is 158 Å². The van der Waals surface area contributed by atoms with E-state index in [1.165, 1.54) is 0 Å². The fourth-order valence-electron chi connectivity index (χ4n) is 3.48. The van der Waals surface area contributed by atoms with Gasteiger partial charge in [-0.05, 0) is 31.0 Å². The lowest BCUT2D eigenvalue weighted by Crippen LogP contribution is -2.33. The number of carbonyl (C=O) groups is 2. The van der Waals surface area contributed by atoms with E-state index >= 15 is 0 Å². The first kappa shape index (κ1) is 18.9. The predicted molar refractivity (Wildman–Crippen MR) is 99.3 cm³/mol. The number of hydrogen-bond donors (Lipinski definition) is 2. The van der Waals surface area contributed by atoms with Crippen LogP contribution in [0.15, 0.2) is 24.3 Å². The number of benzene rings is 1. The molecule has 3 rings (SSSR count). The molecule has 1 fully saturated rings. The number of hydrogen-bond acceptors (Lipinski definition) is 5. The van der Waals surface area contributed by atoms with Gasteiger partial charge in [-0.25, -0.2) is 4.98 Å². The lowest BCUT2D eigenvalue weighted by atomic mass is 9.94. The SMILES string of the molecule is CNC(=O)[C@@H]1CN(C(=O)CCc2cccc(OC)c2)C[C@H]1c1n[nH]c(C)n1. The number of ether oxygens (including phenoxy) is 1. The number of carbonyl (C=O) groups excluding carboxylic acids is 2. The van der Waals surface area contributed by atoms with Crippen molar-refractivity contribution in [2.45, 2.75) is 25.7 Å². The third-order valence-corrected chi connectivity index (χ3v) is 4.96. The largest absolute Gasteiger partial charge is 0.497 e. The molecule has 0 aliphatic carbocycles. The van der Waals surface area contributed by atoms with Gasteiger partial charge in [0.15, 0.2) is 5.82 Å². The molecule has 0 radical (unpaired) electrons. The summed E-state index contributed by atoms with van der Waals surface area (Å²) in [6, 6.07) is 7.71. The van der Waals surface area contributed by atoms with Crippen molar-refractivity contribution < 1.29 is 14.3 Å². The zero-order valence-electron chi connectivity index (χ0n) is 15.9. The van der Waals surface area contributed by atoms with Crippen molar-refractivity contribution in [2.75, 3.05) is 27.2 Å². The van der Waals surface area contributed by atoms with E-state index in [0.29, 0.717) is 37.6 Å². The maximum Gasteiger partial charge on any atom is 0.225 e. The van der Waals surface area contributed by atoms with Gasteiger partial charge in [0.1, 0.15) is 11.6 Å². The van der Waals surface area contributed by atoms with Crippen LogP contribution in [0.25, 0.3) is 0 Å². The summed E-state index contributed by atoms with van der Waals surface area (Å²) in [6.45, 7) is 2.65. The second kappa shape index (κ2) is 8.20. The Morgan fingerprint density at radius 1 is 1.37 bits per heavy atom. The van der Waals surface area contributed by atoms with E-state index in [0.717, 1.165) is 11.3 Å². The Morgan fingerprint density at radius 2 is 2.19 bits per heavy atom. The van der Waals surface area contributed by atoms with Gasteiger partial charge in [-0.3, -0.25) is 14.7 Å². The second-order valence-corrected chi connectivity index (χ2v) is 6.76. The van der Waals surface area contributed by atoms with E-state index in [9.17, 15) is 9.59 Å². The molecule has 0 spiro atoms. The van der Waals surface area contributed by atoms with Crippen LogP contribution in [-0.4, -0.2) is 59.1 Å². The molecule has 2 heterocycles. The van der Waals surface area contributed by atoms with Crippen LogP contribution < -0.4 is 10.1 Å². The van der Waals surface area contributed by atoms with Crippen molar-refractivity contribution in [1.29, 1.82) is 0 Å². The maximum atomic E-state index is 12.7. The normalized spacial score (nSPS) is 19.1. The van der Waals surface area contributed by atoms with Gasteiger partial charge in [0.05, 0.1) is 18.9 Å². The topological polar surface area (TPSA) is 100 Å². The van der Waals surface area contributed by atoms with Crippen LogP contribution in [0, 0.1) is 12.8 Å². The number of rotatable bonds is 6. The van der Waals surface area contributed by atoms with Gasteiger partial charge >= 0.3 is 0 Å². The third-order valence-electron chi connectivity index (χ3n) is 4.96. The summed E-state index contributed by atoms with van der Waals surface area (Å²) in [7, 11) is 3.23. The summed E-state index contributed by atoms with van der Waals surface area (Å²) in [5, 5.41) is 9.71. The van der Waals surface area contributed by atoms with Crippen molar-refractivity contribution in [3.8, 4) is 5.75 Å². The molecule has 1 aliphatic rings. The number of aromatic amines is 1. The van der Waals surface area contributed by atoms with Gasteiger partial charge in [0.25, 0.3) is 0 Å². The molecule has 2 atom stereocenters. The van der Waals surface area contributed by atoms with Gasteiger partial charge < -0.3 is 15.0 Å². The fourth-order valence-corrected chi connectivity index (χ4v) is 3.48. The van der Waals surface area contributed by atoms with E-state index in [2.05, 4.69) is 20.5 Å². The number of nitrogens with zero attached hydrogens (tertiary/aromatic N) is 3. The molecule has 27 heavy (non-hydrogen) atoms. The Kier molecular flexibility index (Phi) is 5.73. The van der Waals surface area contributed by atoms with Gasteiger partial charge in [-0.1, -0.05) is 12.1 Å². The minimum Gasteiger partial charge on any atom is -0.497 e. The van der Waals surface area contributed by atoms with E-state index in [1.54, 1.807) is 19.1 Å². The zero-order chi connectivity index (χ0) is 19.4. The Bertz CT molecular complexity index is 819. The standard InChI is InChI=1S/C19H25N5O3/c1-12-21-18(23-22-12)15-10-24(11-16(15)19(26)20-2)17(25)8-7-13-5-4-6-14(9-13)27-3/h4-6,9,15-16H,7-8,10-11H2,1-3H3,(H,20,26)(H,21,22,23)/t15-,16-/m1/s1. The molecule has 144 valence electrons. The van der Waals surface area contributed by atoms with E-state index in [1.807, 2.05) is 31.2 Å². The summed E-state index contributed by atoms with van der Waals surface area (Å²) in [5.41, 5.74) is 1.05. The Hall–Kier alpha value is -2.90. The van der Waals surface area contributed by atoms with Crippen molar-refractivity contribution in [3.05, 3.63) is 41.5 Å². The molecule has 2 aromatic rings. The molecular weight excluding hydrogens is 346 g/mol. The third kappa shape index (κ3) is 4.27. The first-order chi connectivity index (χ1) is 13.0. The van der Waals surface area contributed by atoms with Gasteiger partial charge in [-0.15, -0.1) is 0 Å². The Balaban J connectivity index is 1.67. The van der Waals surface area contributed by atoms with Gasteiger partial charge in [0, 0.05) is 26.6 Å². The van der Waals surface area contributed by atoms with Crippen LogP contribution in [0.1, 0.15) is 29.6 Å². The van der Waals surface area contributed by atoms with Crippen LogP contribution in [0.3, 0.4) is 0 Å². The lowest BCUT2D eigenvalue weighted by Gasteiger charge is -2.16. The fraction of sp³-hybridized carbons (Fsp3) is 0.474. The molecule has 1 aromatic heterocycles. The number of aryl methyl sites for hydroxylation is 2. The Morgan fingerprint density at radius 3 is 2.85 bits per heavy atom. The van der Waals surface area contributed by atoms with Crippen molar-refractivity contribution in [1.82, 2.24) is 25.4 Å². The number of amides is 2. The first-order valence-electron chi connectivity index (χ1n) is 9.03. The summed E-state index contributed by atoms with van der Waals surface area (Å²) >= 11 is 0. The smallest absolute Gasteiger partial charge is 0.225 e. The molecule has 2 amide bonds. The van der Waals surface area contributed by atoms with Crippen molar-refractivity contribution >= 4 is 11.8 Å². The highest BCUT2D eigenvalue weighted by atomic mass is 16.5. The van der Waals surface area contributed by atoms with E-state index in [4.69, 9.17) is 4.74 Å². The van der Waals surface area contributed by atoms with E-state index < -0.39 is 0 Å². The summed E-state index contributed by atoms with van der Waals surface area (Å²) in [4.78, 5) is 31.1. The monoisotopic (exact) mass is 371 g/mol. The quantitative estimate of drug-likeness (QED) is 0.790. The van der Waals surface area contributed by atoms with Gasteiger partial charge in [0.2, 0.25) is 11.8 Å². The van der Waals surface area contributed by atoms with Crippen LogP contribution >= 0.6 is 0 Å². The molecular formula is C19H25N5O3. The number of likely N-dealkylation sites (tertiary alicyclic amines) is 1. The second-order valence-electron chi connectivity index (χ2n) is 6.76. The first-order valence-corrected chi connectivity index (χ1v) is 9.03. The molecule has 0 unspecified atom stereocenters. The molecule has 2 N–H and O–H groups in total. The highest BCUT2D eigenvalue weighted by molar-refractivity contribution is 5.83. The minimum absolute atomic E-state index is 0.0291. The van der Waals surface area contributed by atoms with Gasteiger partial charge in [-0.2, -0.15) is 5.10 Å². The van der Waals surface area contributed by atoms with E-state index in [-0.39, 0.29) is 23.7 Å². The lowest BCUT2D eigenvalue weighted by molar-refractivity contribution is -0.130. The number of aromatic nitrogens is 3. The highest BCUT2D eigenvalue weighted by Crippen LogP contribution is 2.31. The average Bonchev–Trinajstić information content (AvgIpc) is 3.32. The molecule has 8 nitrogen and oxygen atoms in total. The number of nitrogens with one attached hydrogen (secondary N) is 2. The average molecular weight is 371 g/mol. The number of methoxy groups -OCH3 is 1. The molecule has 8 heteroatoms. The van der Waals surface area contributed by atoms with Crippen molar-refractivity contribution in [2.24, 2.45) is 5.92 Å². The maximum absolute atomic E-state index is 12.7. The molecule has 1 saturated heterocycles. The zero-order valence-corrected chi connectivity index (χ0v) is 15.9. The summed E-state index contributed by atoms with van der Waals surface area (Å²) < 4.78 is 5.22. The molecule has 1 aliphatic heterocycles.